The maximum absolute atomic E-state index is 10.7. The number of carbonyl (C=O) groups is 1. The van der Waals surface area contributed by atoms with Gasteiger partial charge in [0.15, 0.2) is 11.6 Å². The van der Waals surface area contributed by atoms with Crippen LogP contribution in [0.4, 0.5) is 0 Å². The summed E-state index contributed by atoms with van der Waals surface area (Å²) in [4.78, 5) is 19.1. The second-order valence-electron chi connectivity index (χ2n) is 3.95. The van der Waals surface area contributed by atoms with Crippen LogP contribution < -0.4 is 10.5 Å². The molecule has 0 saturated heterocycles. The Balaban J connectivity index is 2.39. The van der Waals surface area contributed by atoms with Gasteiger partial charge in [0.1, 0.15) is 6.33 Å². The minimum absolute atomic E-state index is 0.506. The van der Waals surface area contributed by atoms with Crippen molar-refractivity contribution in [1.29, 1.82) is 0 Å². The molecule has 2 heterocycles. The molecule has 0 atom stereocenters. The molecule has 0 bridgehead atoms. The molecule has 2 aromatic heterocycles. The van der Waals surface area contributed by atoms with E-state index in [9.17, 15) is 4.79 Å². The van der Waals surface area contributed by atoms with E-state index in [4.69, 9.17) is 10.5 Å². The zero-order valence-corrected chi connectivity index (χ0v) is 10.7. The van der Waals surface area contributed by atoms with Crippen LogP contribution in [0, 0.1) is 6.92 Å². The lowest BCUT2D eigenvalue weighted by molar-refractivity contribution is -0.113. The summed E-state index contributed by atoms with van der Waals surface area (Å²) in [6.07, 6.45) is 8.01. The Morgan fingerprint density at radius 3 is 2.84 bits per heavy atom. The number of ether oxygens (including phenoxy) is 1. The molecule has 0 aliphatic carbocycles. The molecule has 0 aromatic carbocycles. The van der Waals surface area contributed by atoms with Gasteiger partial charge in [-0.15, -0.1) is 0 Å². The summed E-state index contributed by atoms with van der Waals surface area (Å²) in [6, 6.07) is 1.77. The van der Waals surface area contributed by atoms with Gasteiger partial charge in [-0.2, -0.15) is 0 Å². The normalized spacial score (nSPS) is 10.8. The summed E-state index contributed by atoms with van der Waals surface area (Å²) < 4.78 is 7.07. The lowest BCUT2D eigenvalue weighted by Crippen LogP contribution is -2.05. The first-order valence-electron chi connectivity index (χ1n) is 5.62. The molecule has 2 rings (SSSR count). The van der Waals surface area contributed by atoms with Crippen LogP contribution in [0.3, 0.4) is 0 Å². The number of imidazole rings is 1. The maximum atomic E-state index is 10.7. The van der Waals surface area contributed by atoms with Crippen molar-refractivity contribution in [2.24, 2.45) is 5.73 Å². The van der Waals surface area contributed by atoms with Crippen LogP contribution in [0.2, 0.25) is 0 Å². The number of primary amides is 1. The number of carbonyl (C=O) groups excluding carboxylic acids is 1. The minimum Gasteiger partial charge on any atom is -0.493 e. The summed E-state index contributed by atoms with van der Waals surface area (Å²) in [5.41, 5.74) is 6.67. The molecule has 0 aliphatic heterocycles. The Morgan fingerprint density at radius 2 is 2.26 bits per heavy atom. The van der Waals surface area contributed by atoms with Crippen LogP contribution in [0.15, 0.2) is 30.9 Å². The Kier molecular flexibility index (Phi) is 3.61. The van der Waals surface area contributed by atoms with Crippen LogP contribution in [0.5, 0.6) is 5.75 Å². The molecule has 19 heavy (non-hydrogen) atoms. The third-order valence-electron chi connectivity index (χ3n) is 2.47. The first kappa shape index (κ1) is 12.8. The van der Waals surface area contributed by atoms with Gasteiger partial charge in [-0.05, 0) is 24.6 Å². The number of hydrogen-bond acceptors (Lipinski definition) is 4. The van der Waals surface area contributed by atoms with E-state index in [1.807, 2.05) is 13.1 Å². The van der Waals surface area contributed by atoms with Crippen molar-refractivity contribution >= 4 is 12.0 Å². The number of aryl methyl sites for hydroxylation is 1. The van der Waals surface area contributed by atoms with Crippen LogP contribution in [0.1, 0.15) is 11.3 Å². The van der Waals surface area contributed by atoms with Crippen LogP contribution in [-0.4, -0.2) is 27.6 Å². The quantitative estimate of drug-likeness (QED) is 0.832. The van der Waals surface area contributed by atoms with Crippen LogP contribution in [0.25, 0.3) is 11.9 Å². The van der Waals surface area contributed by atoms with Gasteiger partial charge in [0, 0.05) is 18.5 Å². The van der Waals surface area contributed by atoms with Crippen molar-refractivity contribution in [3.05, 3.63) is 42.1 Å². The van der Waals surface area contributed by atoms with Gasteiger partial charge < -0.3 is 10.5 Å². The Labute approximate surface area is 110 Å². The van der Waals surface area contributed by atoms with Crippen molar-refractivity contribution in [2.45, 2.75) is 6.92 Å². The van der Waals surface area contributed by atoms with Gasteiger partial charge in [0.2, 0.25) is 5.91 Å². The number of nitrogens with zero attached hydrogens (tertiary/aromatic N) is 3. The van der Waals surface area contributed by atoms with E-state index in [0.29, 0.717) is 11.6 Å². The van der Waals surface area contributed by atoms with E-state index in [2.05, 4.69) is 9.97 Å². The number of rotatable bonds is 4. The molecule has 0 aliphatic rings. The summed E-state index contributed by atoms with van der Waals surface area (Å²) in [6.45, 7) is 1.90. The summed E-state index contributed by atoms with van der Waals surface area (Å²) in [5.74, 6) is 0.719. The molecular weight excluding hydrogens is 244 g/mol. The first-order chi connectivity index (χ1) is 9.10. The van der Waals surface area contributed by atoms with E-state index >= 15 is 0 Å². The number of aromatic nitrogens is 3. The standard InChI is InChI=1S/C13H14N4O2/c1-9-7-17(8-16-9)13-11(19-2)5-10(6-15-13)3-4-12(14)18/h3-8H,1-2H3,(H2,14,18)/b4-3+. The highest BCUT2D eigenvalue weighted by atomic mass is 16.5. The Morgan fingerprint density at radius 1 is 1.47 bits per heavy atom. The predicted octanol–water partition coefficient (Wildman–Crippen LogP) is 1.08. The van der Waals surface area contributed by atoms with Gasteiger partial charge in [-0.3, -0.25) is 9.36 Å². The Hall–Kier alpha value is -2.63. The number of hydrogen-bond donors (Lipinski definition) is 1. The second kappa shape index (κ2) is 5.34. The summed E-state index contributed by atoms with van der Waals surface area (Å²) in [7, 11) is 1.56. The van der Waals surface area contributed by atoms with Gasteiger partial charge >= 0.3 is 0 Å². The highest BCUT2D eigenvalue weighted by molar-refractivity contribution is 5.90. The largest absolute Gasteiger partial charge is 0.493 e. The number of methoxy groups -OCH3 is 1. The highest BCUT2D eigenvalue weighted by Crippen LogP contribution is 2.22. The fraction of sp³-hybridized carbons (Fsp3) is 0.154. The van der Waals surface area contributed by atoms with Crippen molar-refractivity contribution in [3.63, 3.8) is 0 Å². The molecule has 98 valence electrons. The van der Waals surface area contributed by atoms with Gasteiger partial charge in [-0.25, -0.2) is 9.97 Å². The van der Waals surface area contributed by atoms with Gasteiger partial charge in [-0.1, -0.05) is 0 Å². The van der Waals surface area contributed by atoms with Crippen molar-refractivity contribution in [2.75, 3.05) is 7.11 Å². The number of amides is 1. The molecule has 0 saturated carbocycles. The topological polar surface area (TPSA) is 83.0 Å². The fourth-order valence-corrected chi connectivity index (χ4v) is 1.60. The molecular formula is C13H14N4O2. The second-order valence-corrected chi connectivity index (χ2v) is 3.95. The molecule has 6 heteroatoms. The lowest BCUT2D eigenvalue weighted by atomic mass is 10.2. The lowest BCUT2D eigenvalue weighted by Gasteiger charge is -2.08. The average molecular weight is 258 g/mol. The molecule has 2 N–H and O–H groups in total. The zero-order valence-electron chi connectivity index (χ0n) is 10.7. The fourth-order valence-electron chi connectivity index (χ4n) is 1.60. The SMILES string of the molecule is COc1cc(/C=C/C(N)=O)cnc1-n1cnc(C)c1. The molecule has 1 amide bonds. The molecule has 0 fully saturated rings. The number of pyridine rings is 1. The highest BCUT2D eigenvalue weighted by Gasteiger charge is 2.08. The van der Waals surface area contributed by atoms with E-state index in [-0.39, 0.29) is 0 Å². The van der Waals surface area contributed by atoms with E-state index in [1.165, 1.54) is 6.08 Å². The van der Waals surface area contributed by atoms with Gasteiger partial charge in [0.25, 0.3) is 0 Å². The smallest absolute Gasteiger partial charge is 0.241 e. The minimum atomic E-state index is -0.506. The van der Waals surface area contributed by atoms with E-state index < -0.39 is 5.91 Å². The number of nitrogens with two attached hydrogens (primary N) is 1. The Bertz CT molecular complexity index is 631. The summed E-state index contributed by atoms with van der Waals surface area (Å²) in [5, 5.41) is 0. The summed E-state index contributed by atoms with van der Waals surface area (Å²) >= 11 is 0. The monoisotopic (exact) mass is 258 g/mol. The molecule has 0 unspecified atom stereocenters. The first-order valence-corrected chi connectivity index (χ1v) is 5.62. The molecule has 0 radical (unpaired) electrons. The predicted molar refractivity (Wildman–Crippen MR) is 70.9 cm³/mol. The maximum Gasteiger partial charge on any atom is 0.241 e. The average Bonchev–Trinajstić information content (AvgIpc) is 2.82. The molecule has 2 aromatic rings. The van der Waals surface area contributed by atoms with Gasteiger partial charge in [0.05, 0.1) is 12.8 Å². The van der Waals surface area contributed by atoms with Crippen molar-refractivity contribution < 1.29 is 9.53 Å². The van der Waals surface area contributed by atoms with Crippen molar-refractivity contribution in [3.8, 4) is 11.6 Å². The molecule has 0 spiro atoms. The van der Waals surface area contributed by atoms with Crippen LogP contribution >= 0.6 is 0 Å². The zero-order chi connectivity index (χ0) is 13.8. The molecule has 6 nitrogen and oxygen atoms in total. The van der Waals surface area contributed by atoms with Crippen LogP contribution in [-0.2, 0) is 4.79 Å². The van der Waals surface area contributed by atoms with E-state index in [0.717, 1.165) is 11.3 Å². The third kappa shape index (κ3) is 2.98. The van der Waals surface area contributed by atoms with E-state index in [1.54, 1.807) is 36.3 Å². The third-order valence-corrected chi connectivity index (χ3v) is 2.47. The van der Waals surface area contributed by atoms with Crippen molar-refractivity contribution in [1.82, 2.24) is 14.5 Å².